The highest BCUT2D eigenvalue weighted by atomic mass is 16.3. The van der Waals surface area contributed by atoms with Crippen LogP contribution in [-0.4, -0.2) is 44.3 Å². The number of aromatic nitrogens is 3. The predicted molar refractivity (Wildman–Crippen MR) is 76.7 cm³/mol. The van der Waals surface area contributed by atoms with Crippen LogP contribution in [0.4, 0.5) is 5.82 Å². The van der Waals surface area contributed by atoms with Gasteiger partial charge in [-0.05, 0) is 18.2 Å². The van der Waals surface area contributed by atoms with E-state index in [-0.39, 0.29) is 12.5 Å². The number of rotatable bonds is 3. The monoisotopic (exact) mass is 287 g/mol. The summed E-state index contributed by atoms with van der Waals surface area (Å²) in [5, 5.41) is 16.3. The van der Waals surface area contributed by atoms with Crippen molar-refractivity contribution < 1.29 is 9.90 Å². The molecule has 2 aromatic rings. The average molecular weight is 287 g/mol. The van der Waals surface area contributed by atoms with Crippen LogP contribution in [0.25, 0.3) is 0 Å². The number of hydrogen-bond acceptors (Lipinski definition) is 5. The molecule has 0 atom stereocenters. The van der Waals surface area contributed by atoms with Crippen LogP contribution in [0.2, 0.25) is 0 Å². The number of fused-ring (bicyclic) bond motifs is 1. The van der Waals surface area contributed by atoms with Crippen LogP contribution >= 0.6 is 0 Å². The van der Waals surface area contributed by atoms with Crippen LogP contribution in [0, 0.1) is 0 Å². The minimum Gasteiger partial charge on any atom is -0.390 e. The molecule has 0 saturated carbocycles. The Hall–Kier alpha value is -2.41. The van der Waals surface area contributed by atoms with Crippen LogP contribution in [0.15, 0.2) is 24.4 Å². The van der Waals surface area contributed by atoms with Gasteiger partial charge in [0, 0.05) is 19.8 Å². The highest BCUT2D eigenvalue weighted by molar-refractivity contribution is 5.98. The van der Waals surface area contributed by atoms with Crippen molar-refractivity contribution in [2.24, 2.45) is 0 Å². The van der Waals surface area contributed by atoms with E-state index in [0.29, 0.717) is 36.7 Å². The molecular formula is C14H17N5O2. The first-order valence-electron chi connectivity index (χ1n) is 6.81. The Morgan fingerprint density at radius 2 is 2.33 bits per heavy atom. The third-order valence-corrected chi connectivity index (χ3v) is 3.57. The molecule has 0 bridgehead atoms. The van der Waals surface area contributed by atoms with Crippen molar-refractivity contribution in [2.75, 3.05) is 18.9 Å². The van der Waals surface area contributed by atoms with Gasteiger partial charge in [-0.25, -0.2) is 4.98 Å². The van der Waals surface area contributed by atoms with Gasteiger partial charge in [0.1, 0.15) is 5.82 Å². The number of pyridine rings is 1. The Kier molecular flexibility index (Phi) is 3.57. The first-order valence-corrected chi connectivity index (χ1v) is 6.81. The van der Waals surface area contributed by atoms with E-state index in [4.69, 9.17) is 5.11 Å². The standard InChI is InChI=1S/C14H17N5O2/c1-15-13-12(3-2-4-16-13)14(21)18-5-6-19-11(8-18)7-10(9-20)17-19/h2-4,7,20H,5-6,8-9H2,1H3,(H,15,16). The number of nitrogens with zero attached hydrogens (tertiary/aromatic N) is 4. The molecule has 7 heteroatoms. The molecule has 2 N–H and O–H groups in total. The van der Waals surface area contributed by atoms with Gasteiger partial charge in [-0.15, -0.1) is 0 Å². The number of aliphatic hydroxyl groups is 1. The van der Waals surface area contributed by atoms with Gasteiger partial charge < -0.3 is 15.3 Å². The molecule has 0 fully saturated rings. The maximum Gasteiger partial charge on any atom is 0.258 e. The average Bonchev–Trinajstić information content (AvgIpc) is 2.96. The van der Waals surface area contributed by atoms with Gasteiger partial charge in [0.2, 0.25) is 0 Å². The first kappa shape index (κ1) is 13.6. The fraction of sp³-hybridized carbons (Fsp3) is 0.357. The number of amides is 1. The minimum atomic E-state index is -0.0829. The lowest BCUT2D eigenvalue weighted by Gasteiger charge is -2.28. The molecule has 7 nitrogen and oxygen atoms in total. The molecule has 0 aromatic carbocycles. The second-order valence-corrected chi connectivity index (χ2v) is 4.88. The van der Waals surface area contributed by atoms with Gasteiger partial charge in [-0.3, -0.25) is 9.48 Å². The number of hydrogen-bond donors (Lipinski definition) is 2. The topological polar surface area (TPSA) is 83.3 Å². The second-order valence-electron chi connectivity index (χ2n) is 4.88. The summed E-state index contributed by atoms with van der Waals surface area (Å²) in [6, 6.07) is 5.36. The summed E-state index contributed by atoms with van der Waals surface area (Å²) in [4.78, 5) is 18.6. The van der Waals surface area contributed by atoms with Gasteiger partial charge >= 0.3 is 0 Å². The minimum absolute atomic E-state index is 0.0505. The SMILES string of the molecule is CNc1ncccc1C(=O)N1CCn2nc(CO)cc2C1. The van der Waals surface area contributed by atoms with Crippen molar-refractivity contribution in [2.45, 2.75) is 19.7 Å². The predicted octanol–water partition coefficient (Wildman–Crippen LogP) is 0.468. The smallest absolute Gasteiger partial charge is 0.258 e. The lowest BCUT2D eigenvalue weighted by molar-refractivity contribution is 0.0706. The van der Waals surface area contributed by atoms with Gasteiger partial charge in [-0.2, -0.15) is 5.10 Å². The van der Waals surface area contributed by atoms with E-state index >= 15 is 0 Å². The maximum absolute atomic E-state index is 12.6. The normalized spacial score (nSPS) is 13.9. The number of carbonyl (C=O) groups excluding carboxylic acids is 1. The van der Waals surface area contributed by atoms with Crippen LogP contribution in [0.1, 0.15) is 21.7 Å². The number of carbonyl (C=O) groups is 1. The zero-order valence-electron chi connectivity index (χ0n) is 11.8. The molecule has 3 heterocycles. The van der Waals surface area contributed by atoms with Crippen molar-refractivity contribution in [3.8, 4) is 0 Å². The Labute approximate surface area is 122 Å². The molecule has 0 spiro atoms. The zero-order valence-corrected chi connectivity index (χ0v) is 11.8. The Morgan fingerprint density at radius 3 is 3.10 bits per heavy atom. The molecule has 1 aliphatic heterocycles. The third-order valence-electron chi connectivity index (χ3n) is 3.57. The van der Waals surface area contributed by atoms with Crippen molar-refractivity contribution in [3.05, 3.63) is 41.3 Å². The van der Waals surface area contributed by atoms with Crippen LogP contribution in [-0.2, 0) is 19.7 Å². The molecular weight excluding hydrogens is 270 g/mol. The highest BCUT2D eigenvalue weighted by Gasteiger charge is 2.24. The summed E-state index contributed by atoms with van der Waals surface area (Å²) in [7, 11) is 1.75. The van der Waals surface area contributed by atoms with E-state index in [1.807, 2.05) is 10.7 Å². The fourth-order valence-corrected chi connectivity index (χ4v) is 2.52. The molecule has 2 aromatic heterocycles. The quantitative estimate of drug-likeness (QED) is 0.857. The van der Waals surface area contributed by atoms with Crippen molar-refractivity contribution >= 4 is 11.7 Å². The van der Waals surface area contributed by atoms with Crippen LogP contribution in [0.3, 0.4) is 0 Å². The molecule has 110 valence electrons. The number of anilines is 1. The number of nitrogens with one attached hydrogen (secondary N) is 1. The van der Waals surface area contributed by atoms with Crippen LogP contribution < -0.4 is 5.32 Å². The van der Waals surface area contributed by atoms with Crippen molar-refractivity contribution in [1.82, 2.24) is 19.7 Å². The van der Waals surface area contributed by atoms with E-state index in [9.17, 15) is 4.79 Å². The largest absolute Gasteiger partial charge is 0.390 e. The fourth-order valence-electron chi connectivity index (χ4n) is 2.52. The summed E-state index contributed by atoms with van der Waals surface area (Å²) in [6.45, 7) is 1.64. The Morgan fingerprint density at radius 1 is 1.48 bits per heavy atom. The lowest BCUT2D eigenvalue weighted by atomic mass is 10.2. The molecule has 3 rings (SSSR count). The summed E-state index contributed by atoms with van der Waals surface area (Å²) in [5.74, 6) is 0.531. The van der Waals surface area contributed by atoms with E-state index in [1.165, 1.54) is 0 Å². The molecule has 0 saturated heterocycles. The molecule has 0 radical (unpaired) electrons. The van der Waals surface area contributed by atoms with E-state index in [1.54, 1.807) is 30.3 Å². The van der Waals surface area contributed by atoms with Gasteiger partial charge in [0.15, 0.2) is 0 Å². The Bertz CT molecular complexity index is 667. The van der Waals surface area contributed by atoms with Gasteiger partial charge in [-0.1, -0.05) is 0 Å². The molecule has 1 aliphatic rings. The second kappa shape index (κ2) is 5.53. The van der Waals surface area contributed by atoms with Crippen molar-refractivity contribution in [1.29, 1.82) is 0 Å². The van der Waals surface area contributed by atoms with E-state index < -0.39 is 0 Å². The molecule has 0 aliphatic carbocycles. The lowest BCUT2D eigenvalue weighted by Crippen LogP contribution is -2.38. The number of aliphatic hydroxyl groups excluding tert-OH is 1. The molecule has 21 heavy (non-hydrogen) atoms. The first-order chi connectivity index (χ1) is 10.2. The summed E-state index contributed by atoms with van der Waals surface area (Å²) >= 11 is 0. The summed E-state index contributed by atoms with van der Waals surface area (Å²) < 4.78 is 1.84. The highest BCUT2D eigenvalue weighted by Crippen LogP contribution is 2.19. The van der Waals surface area contributed by atoms with E-state index in [2.05, 4.69) is 15.4 Å². The summed E-state index contributed by atoms with van der Waals surface area (Å²) in [6.07, 6.45) is 1.65. The molecule has 1 amide bonds. The van der Waals surface area contributed by atoms with Crippen LogP contribution in [0.5, 0.6) is 0 Å². The Balaban J connectivity index is 1.83. The summed E-state index contributed by atoms with van der Waals surface area (Å²) in [5.41, 5.74) is 2.14. The van der Waals surface area contributed by atoms with E-state index in [0.717, 1.165) is 5.69 Å². The van der Waals surface area contributed by atoms with Crippen molar-refractivity contribution in [3.63, 3.8) is 0 Å². The zero-order chi connectivity index (χ0) is 14.8. The maximum atomic E-state index is 12.6. The molecule has 0 unspecified atom stereocenters. The van der Waals surface area contributed by atoms with Gasteiger partial charge in [0.05, 0.1) is 36.6 Å². The third kappa shape index (κ3) is 2.47. The van der Waals surface area contributed by atoms with Gasteiger partial charge in [0.25, 0.3) is 5.91 Å².